The van der Waals surface area contributed by atoms with Crippen molar-refractivity contribution in [2.24, 2.45) is 0 Å². The number of carbonyl (C=O) groups excluding carboxylic acids is 1. The number of alkyl halides is 4. The van der Waals surface area contributed by atoms with E-state index in [1.807, 2.05) is 11.9 Å². The van der Waals surface area contributed by atoms with Gasteiger partial charge in [-0.25, -0.2) is 9.37 Å². The van der Waals surface area contributed by atoms with Gasteiger partial charge in [0.25, 0.3) is 5.91 Å². The number of amides is 1. The first kappa shape index (κ1) is 29.9. The maximum Gasteiger partial charge on any atom is 0.406 e. The molecule has 5 rings (SSSR count). The number of fused-ring (bicyclic) bond motifs is 1. The monoisotopic (exact) mass is 609 g/mol. The van der Waals surface area contributed by atoms with Crippen molar-refractivity contribution in [1.29, 1.82) is 0 Å². The topological polar surface area (TPSA) is 121 Å². The van der Waals surface area contributed by atoms with Crippen LogP contribution in [0.25, 0.3) is 22.4 Å². The lowest BCUT2D eigenvalue weighted by Crippen LogP contribution is -2.46. The van der Waals surface area contributed by atoms with Gasteiger partial charge in [0, 0.05) is 35.0 Å². The third kappa shape index (κ3) is 6.42. The van der Waals surface area contributed by atoms with Crippen molar-refractivity contribution in [2.75, 3.05) is 32.1 Å². The fraction of sp³-hybridized carbons (Fsp3) is 0.481. The molecule has 1 aromatic carbocycles. The number of thiazole rings is 1. The van der Waals surface area contributed by atoms with Gasteiger partial charge in [0.2, 0.25) is 11.7 Å². The zero-order valence-corrected chi connectivity index (χ0v) is 24.0. The van der Waals surface area contributed by atoms with Crippen LogP contribution >= 0.6 is 11.3 Å². The average molecular weight is 610 g/mol. The van der Waals surface area contributed by atoms with Gasteiger partial charge in [-0.05, 0) is 31.7 Å². The van der Waals surface area contributed by atoms with Gasteiger partial charge in [-0.1, -0.05) is 25.1 Å². The summed E-state index contributed by atoms with van der Waals surface area (Å²) in [4.78, 5) is 23.0. The molecule has 0 saturated carbocycles. The molecule has 1 amide bonds. The Morgan fingerprint density at radius 1 is 1.26 bits per heavy atom. The van der Waals surface area contributed by atoms with Crippen LogP contribution in [0.5, 0.6) is 0 Å². The van der Waals surface area contributed by atoms with Crippen molar-refractivity contribution in [3.05, 3.63) is 46.2 Å². The number of halogens is 4. The van der Waals surface area contributed by atoms with Crippen LogP contribution in [-0.2, 0) is 18.5 Å². The van der Waals surface area contributed by atoms with Gasteiger partial charge >= 0.3 is 6.18 Å². The maximum absolute atomic E-state index is 14.7. The highest BCUT2D eigenvalue weighted by Gasteiger charge is 2.32. The minimum absolute atomic E-state index is 0.0155. The molecule has 2 atom stereocenters. The van der Waals surface area contributed by atoms with E-state index in [-0.39, 0.29) is 48.3 Å². The summed E-state index contributed by atoms with van der Waals surface area (Å²) in [5, 5.41) is 21.9. The number of hydrogen-bond acceptors (Lipinski definition) is 9. The number of nitrogens with one attached hydrogen (secondary N) is 2. The molecular weight excluding hydrogens is 578 g/mol. The van der Waals surface area contributed by atoms with Crippen LogP contribution in [0.3, 0.4) is 0 Å². The molecule has 0 aliphatic carbocycles. The first-order chi connectivity index (χ1) is 19.8. The number of aromatic nitrogens is 4. The lowest BCUT2D eigenvalue weighted by molar-refractivity contribution is -0.139. The standard InChI is InChI=1S/C27H31F4N7O3S/c1-26(2,14-39)25-34-19(12-42-25)24(40)32-10-22-35-23(36-41-22)21-9-15-17(33-18-7-8-37(3)11-16(18)28)5-4-6-20(15)38(21)13-27(29,30)31/h4-6,9,12,16,18,33,39H,7-8,10-11,13-14H2,1-3H3,(H,32,40)/t16-,18+/m0/s1. The number of benzene rings is 1. The first-order valence-electron chi connectivity index (χ1n) is 13.3. The summed E-state index contributed by atoms with van der Waals surface area (Å²) >= 11 is 1.25. The summed E-state index contributed by atoms with van der Waals surface area (Å²) < 4.78 is 62.0. The molecule has 15 heteroatoms. The van der Waals surface area contributed by atoms with E-state index in [1.54, 1.807) is 37.4 Å². The number of aliphatic hydroxyl groups excluding tert-OH is 1. The van der Waals surface area contributed by atoms with Crippen LogP contribution in [-0.4, -0.2) is 80.7 Å². The molecule has 1 saturated heterocycles. The number of piperidine rings is 1. The zero-order chi connectivity index (χ0) is 30.2. The molecule has 4 heterocycles. The normalized spacial score (nSPS) is 18.5. The molecule has 1 aliphatic heterocycles. The molecule has 1 fully saturated rings. The third-order valence-electron chi connectivity index (χ3n) is 7.18. The second kappa shape index (κ2) is 11.6. The quantitative estimate of drug-likeness (QED) is 0.240. The molecule has 0 radical (unpaired) electrons. The van der Waals surface area contributed by atoms with Gasteiger partial charge in [0.1, 0.15) is 23.4 Å². The Morgan fingerprint density at radius 3 is 2.76 bits per heavy atom. The Bertz CT molecular complexity index is 1560. The number of rotatable bonds is 9. The second-order valence-corrected chi connectivity index (χ2v) is 11.9. The van der Waals surface area contributed by atoms with Crippen molar-refractivity contribution in [2.45, 2.75) is 57.2 Å². The SMILES string of the molecule is CN1CC[C@@H](Nc2cccc3c2cc(-c2noc(CNC(=O)c4csc(C(C)(C)CO)n4)n2)n3CC(F)(F)F)[C@@H](F)C1. The van der Waals surface area contributed by atoms with Crippen LogP contribution in [0.2, 0.25) is 0 Å². The molecule has 42 heavy (non-hydrogen) atoms. The summed E-state index contributed by atoms with van der Waals surface area (Å²) in [5.74, 6) is -0.611. The molecule has 4 aromatic rings. The molecule has 3 N–H and O–H groups in total. The summed E-state index contributed by atoms with van der Waals surface area (Å²) in [6.45, 7) is 2.95. The highest BCUT2D eigenvalue weighted by molar-refractivity contribution is 7.10. The maximum atomic E-state index is 14.7. The number of aliphatic hydroxyl groups is 1. The van der Waals surface area contributed by atoms with Crippen molar-refractivity contribution in [1.82, 2.24) is 29.9 Å². The number of hydrogen-bond donors (Lipinski definition) is 3. The molecule has 10 nitrogen and oxygen atoms in total. The predicted molar refractivity (Wildman–Crippen MR) is 149 cm³/mol. The van der Waals surface area contributed by atoms with Crippen molar-refractivity contribution >= 4 is 33.8 Å². The van der Waals surface area contributed by atoms with Crippen LogP contribution in [0.1, 0.15) is 41.7 Å². The van der Waals surface area contributed by atoms with Crippen LogP contribution in [0, 0.1) is 0 Å². The highest BCUT2D eigenvalue weighted by Crippen LogP contribution is 2.35. The lowest BCUT2D eigenvalue weighted by Gasteiger charge is -2.33. The second-order valence-electron chi connectivity index (χ2n) is 11.1. The van der Waals surface area contributed by atoms with Gasteiger partial charge in [0.15, 0.2) is 0 Å². The molecule has 3 aromatic heterocycles. The van der Waals surface area contributed by atoms with E-state index in [4.69, 9.17) is 4.52 Å². The van der Waals surface area contributed by atoms with Gasteiger partial charge in [0.05, 0.1) is 30.4 Å². The van der Waals surface area contributed by atoms with Gasteiger partial charge < -0.3 is 29.7 Å². The Balaban J connectivity index is 1.39. The Kier molecular flexibility index (Phi) is 8.27. The fourth-order valence-corrected chi connectivity index (χ4v) is 5.72. The van der Waals surface area contributed by atoms with E-state index < -0.39 is 36.3 Å². The lowest BCUT2D eigenvalue weighted by atomic mass is 9.96. The van der Waals surface area contributed by atoms with E-state index in [2.05, 4.69) is 25.8 Å². The van der Waals surface area contributed by atoms with Crippen molar-refractivity contribution in [3.63, 3.8) is 0 Å². The smallest absolute Gasteiger partial charge is 0.395 e. The molecule has 0 unspecified atom stereocenters. The van der Waals surface area contributed by atoms with E-state index in [0.717, 1.165) is 4.57 Å². The fourth-order valence-electron chi connectivity index (χ4n) is 4.80. The van der Waals surface area contributed by atoms with E-state index in [0.29, 0.717) is 29.0 Å². The number of likely N-dealkylation sites (tertiary alicyclic amines) is 1. The van der Waals surface area contributed by atoms with Crippen LogP contribution in [0.15, 0.2) is 34.2 Å². The zero-order valence-electron chi connectivity index (χ0n) is 23.2. The third-order valence-corrected chi connectivity index (χ3v) is 8.39. The largest absolute Gasteiger partial charge is 0.406 e. The van der Waals surface area contributed by atoms with Crippen molar-refractivity contribution in [3.8, 4) is 11.5 Å². The van der Waals surface area contributed by atoms with E-state index >= 15 is 0 Å². The summed E-state index contributed by atoms with van der Waals surface area (Å²) in [7, 11) is 1.84. The summed E-state index contributed by atoms with van der Waals surface area (Å²) in [6.07, 6.45) is -5.13. The molecular formula is C27H31F4N7O3S. The van der Waals surface area contributed by atoms with E-state index in [9.17, 15) is 27.5 Å². The number of anilines is 1. The van der Waals surface area contributed by atoms with Crippen LogP contribution in [0.4, 0.5) is 23.2 Å². The van der Waals surface area contributed by atoms with Gasteiger partial charge in [-0.3, -0.25) is 4.79 Å². The first-order valence-corrected chi connectivity index (χ1v) is 14.2. The van der Waals surface area contributed by atoms with Gasteiger partial charge in [-0.15, -0.1) is 11.3 Å². The molecule has 0 spiro atoms. The minimum Gasteiger partial charge on any atom is -0.395 e. The molecule has 226 valence electrons. The Morgan fingerprint density at radius 2 is 2.05 bits per heavy atom. The Labute approximate surface area is 242 Å². The van der Waals surface area contributed by atoms with Crippen molar-refractivity contribution < 1.29 is 32.0 Å². The predicted octanol–water partition coefficient (Wildman–Crippen LogP) is 4.36. The van der Waals surface area contributed by atoms with E-state index in [1.165, 1.54) is 17.4 Å². The Hall–Kier alpha value is -3.56. The minimum atomic E-state index is -4.54. The van der Waals surface area contributed by atoms with Gasteiger partial charge in [-0.2, -0.15) is 18.2 Å². The average Bonchev–Trinajstić information content (AvgIpc) is 3.68. The number of nitrogens with zero attached hydrogens (tertiary/aromatic N) is 5. The summed E-state index contributed by atoms with van der Waals surface area (Å²) in [6, 6.07) is 5.92. The highest BCUT2D eigenvalue weighted by atomic mass is 32.1. The molecule has 1 aliphatic rings. The number of carbonyl (C=O) groups is 1. The van der Waals surface area contributed by atoms with Crippen LogP contribution < -0.4 is 10.6 Å². The molecule has 0 bridgehead atoms. The summed E-state index contributed by atoms with van der Waals surface area (Å²) in [5.41, 5.74) is 0.403.